The Kier molecular flexibility index (Phi) is 11.5. The summed E-state index contributed by atoms with van der Waals surface area (Å²) >= 11 is 3.69. The first-order chi connectivity index (χ1) is 21.6. The summed E-state index contributed by atoms with van der Waals surface area (Å²) in [5, 5.41) is 37.1. The molecule has 0 aliphatic carbocycles. The van der Waals surface area contributed by atoms with Gasteiger partial charge in [-0.25, -0.2) is 4.79 Å². The molecule has 5 heterocycles. The molecule has 254 valence electrons. The summed E-state index contributed by atoms with van der Waals surface area (Å²) in [6.07, 6.45) is -0.580. The largest absolute Gasteiger partial charge is 0.480 e. The molecule has 0 saturated carbocycles. The van der Waals surface area contributed by atoms with E-state index in [-0.39, 0.29) is 12.1 Å². The molecule has 0 unspecified atom stereocenters. The lowest BCUT2D eigenvalue weighted by molar-refractivity contribution is -0.161. The second-order valence-electron chi connectivity index (χ2n) is 12.5. The van der Waals surface area contributed by atoms with Gasteiger partial charge in [-0.1, -0.05) is 0 Å². The molecule has 3 saturated heterocycles. The van der Waals surface area contributed by atoms with E-state index in [1.54, 1.807) is 30.7 Å². The van der Waals surface area contributed by atoms with Crippen LogP contribution in [-0.4, -0.2) is 126 Å². The third-order valence-electron chi connectivity index (χ3n) is 7.39. The van der Waals surface area contributed by atoms with Crippen LogP contribution < -0.4 is 20.3 Å². The average molecular weight is 701 g/mol. The van der Waals surface area contributed by atoms with E-state index in [0.29, 0.717) is 31.2 Å². The molecule has 18 heteroatoms. The van der Waals surface area contributed by atoms with E-state index in [1.807, 2.05) is 0 Å². The normalized spacial score (nSPS) is 23.3. The SMILES string of the molecule is CC(C)(C)NC[C@H](O)COc1nsnc1N1CCOCC1.CC1(C)S[C@@H]2[C@H](NC(=O)[C@H](C(=O)O)c3ccsc3)C(=O)N2[C@H]1C(=O)O. The second-order valence-corrected chi connectivity index (χ2v) is 15.6. The topological polar surface area (TPSA) is 204 Å². The number of rotatable bonds is 11. The number of hydrogen-bond acceptors (Lipinski definition) is 14. The predicted molar refractivity (Wildman–Crippen MR) is 173 cm³/mol. The smallest absolute Gasteiger partial charge is 0.327 e. The van der Waals surface area contributed by atoms with Gasteiger partial charge in [0.15, 0.2) is 5.92 Å². The molecule has 0 aromatic carbocycles. The number of ether oxygens (including phenoxy) is 2. The Bertz CT molecular complexity index is 1380. The first kappa shape index (κ1) is 35.8. The third-order valence-corrected chi connectivity index (χ3v) is 10.2. The highest BCUT2D eigenvalue weighted by atomic mass is 32.2. The van der Waals surface area contributed by atoms with Crippen LogP contribution in [0.15, 0.2) is 16.8 Å². The van der Waals surface area contributed by atoms with Crippen LogP contribution in [0.1, 0.15) is 46.1 Å². The van der Waals surface area contributed by atoms with Crippen molar-refractivity contribution in [1.29, 1.82) is 0 Å². The monoisotopic (exact) mass is 700 g/mol. The molecule has 3 aliphatic heterocycles. The van der Waals surface area contributed by atoms with Gasteiger partial charge in [0.05, 0.1) is 24.9 Å². The number of thioether (sulfide) groups is 1. The molecule has 3 fully saturated rings. The summed E-state index contributed by atoms with van der Waals surface area (Å²) in [6, 6.07) is -0.344. The number of nitrogens with one attached hydrogen (secondary N) is 2. The number of β-lactam (4-membered cyclic amide) rings is 1. The van der Waals surface area contributed by atoms with Gasteiger partial charge in [0.2, 0.25) is 17.6 Å². The molecule has 2 amide bonds. The lowest BCUT2D eigenvalue weighted by atomic mass is 9.95. The molecule has 0 spiro atoms. The van der Waals surface area contributed by atoms with E-state index in [9.17, 15) is 34.5 Å². The number of carboxylic acid groups (broad SMARTS) is 2. The van der Waals surface area contributed by atoms with Crippen LogP contribution in [0.2, 0.25) is 0 Å². The van der Waals surface area contributed by atoms with Crippen molar-refractivity contribution in [3.8, 4) is 5.88 Å². The van der Waals surface area contributed by atoms with Crippen molar-refractivity contribution in [2.45, 2.75) is 74.4 Å². The maximum Gasteiger partial charge on any atom is 0.327 e. The van der Waals surface area contributed by atoms with Crippen molar-refractivity contribution in [3.05, 3.63) is 22.4 Å². The Morgan fingerprint density at radius 2 is 1.89 bits per heavy atom. The zero-order valence-corrected chi connectivity index (χ0v) is 28.6. The first-order valence-corrected chi connectivity index (χ1v) is 17.1. The van der Waals surface area contributed by atoms with Crippen molar-refractivity contribution < 1.29 is 44.0 Å². The molecule has 0 bridgehead atoms. The zero-order valence-electron chi connectivity index (χ0n) is 26.2. The van der Waals surface area contributed by atoms with Gasteiger partial charge in [0.25, 0.3) is 5.88 Å². The number of carbonyl (C=O) groups is 4. The molecule has 2 aromatic heterocycles. The highest BCUT2D eigenvalue weighted by molar-refractivity contribution is 8.01. The summed E-state index contributed by atoms with van der Waals surface area (Å²) in [6.45, 7) is 13.3. The molecule has 5 atom stereocenters. The van der Waals surface area contributed by atoms with Crippen molar-refractivity contribution >= 4 is 64.4 Å². The Morgan fingerprint density at radius 1 is 1.20 bits per heavy atom. The van der Waals surface area contributed by atoms with Crippen molar-refractivity contribution in [3.63, 3.8) is 0 Å². The van der Waals surface area contributed by atoms with E-state index in [2.05, 4.69) is 45.1 Å². The maximum atomic E-state index is 12.4. The van der Waals surface area contributed by atoms with E-state index in [0.717, 1.165) is 30.6 Å². The molecule has 3 aliphatic rings. The quantitative estimate of drug-likeness (QED) is 0.164. The summed E-state index contributed by atoms with van der Waals surface area (Å²) < 4.78 is 18.7. The van der Waals surface area contributed by atoms with Crippen LogP contribution in [0.25, 0.3) is 0 Å². The summed E-state index contributed by atoms with van der Waals surface area (Å²) in [5.74, 6) is -3.83. The molecule has 5 rings (SSSR count). The number of aliphatic carboxylic acids is 2. The summed E-state index contributed by atoms with van der Waals surface area (Å²) in [5.41, 5.74) is 0.323. The first-order valence-electron chi connectivity index (χ1n) is 14.6. The van der Waals surface area contributed by atoms with Gasteiger partial charge in [-0.2, -0.15) is 15.7 Å². The van der Waals surface area contributed by atoms with Gasteiger partial charge < -0.3 is 45.2 Å². The van der Waals surface area contributed by atoms with E-state index in [1.165, 1.54) is 28.0 Å². The number of nitrogens with zero attached hydrogens (tertiary/aromatic N) is 4. The van der Waals surface area contributed by atoms with Gasteiger partial charge in [0, 0.05) is 29.9 Å². The van der Waals surface area contributed by atoms with Crippen molar-refractivity contribution in [1.82, 2.24) is 24.3 Å². The molecule has 15 nitrogen and oxygen atoms in total. The predicted octanol–water partition coefficient (Wildman–Crippen LogP) is 1.05. The fraction of sp³-hybridized carbons (Fsp3) is 0.643. The number of hydrogen-bond donors (Lipinski definition) is 5. The second kappa shape index (κ2) is 14.8. The Labute approximate surface area is 279 Å². The summed E-state index contributed by atoms with van der Waals surface area (Å²) in [4.78, 5) is 51.0. The van der Waals surface area contributed by atoms with E-state index < -0.39 is 58.0 Å². The number of aromatic nitrogens is 2. The Hall–Kier alpha value is -3.03. The number of morpholine rings is 1. The minimum absolute atomic E-state index is 0.0257. The van der Waals surface area contributed by atoms with Crippen LogP contribution in [0.5, 0.6) is 5.88 Å². The van der Waals surface area contributed by atoms with Gasteiger partial charge in [0.1, 0.15) is 30.2 Å². The number of aliphatic hydroxyl groups is 1. The highest BCUT2D eigenvalue weighted by Crippen LogP contribution is 2.50. The van der Waals surface area contributed by atoms with Crippen LogP contribution in [0.4, 0.5) is 5.82 Å². The lowest BCUT2D eigenvalue weighted by Crippen LogP contribution is -2.71. The number of aliphatic hydroxyl groups excluding tert-OH is 1. The van der Waals surface area contributed by atoms with E-state index >= 15 is 0 Å². The minimum atomic E-state index is -1.40. The molecule has 5 N–H and O–H groups in total. The minimum Gasteiger partial charge on any atom is -0.480 e. The fourth-order valence-corrected chi connectivity index (χ4v) is 7.95. The molecule has 46 heavy (non-hydrogen) atoms. The lowest BCUT2D eigenvalue weighted by Gasteiger charge is -2.43. The average Bonchev–Trinajstić information content (AvgIpc) is 3.73. The van der Waals surface area contributed by atoms with Crippen LogP contribution in [0.3, 0.4) is 0 Å². The number of carboxylic acids is 2. The Morgan fingerprint density at radius 3 is 2.48 bits per heavy atom. The number of β-amino-alcohol motifs (C(OH)–C–C–N with tert-alkyl or cyclic N) is 1. The molecule has 2 aromatic rings. The molecular formula is C28H40N6O9S3. The third kappa shape index (κ3) is 8.46. The van der Waals surface area contributed by atoms with Crippen LogP contribution in [-0.2, 0) is 23.9 Å². The summed E-state index contributed by atoms with van der Waals surface area (Å²) in [7, 11) is 0. The standard InChI is InChI=1S/C15H16N2O6S2.C13H24N4O3S/c1-15(2)9(14(22)23)17-11(19)8(12(17)25-15)16-10(18)7(13(20)21)6-3-4-24-5-6;1-13(2,3)14-8-10(18)9-20-12-11(15-21-16-12)17-4-6-19-7-5-17/h3-5,7-9,12H,1-2H3,(H,16,18)(H,20,21)(H,22,23);10,14,18H,4-9H2,1-3H3/t7-,8-,9+,12-;10-/m10/s1. The van der Waals surface area contributed by atoms with Gasteiger partial charge in [-0.05, 0) is 57.0 Å². The van der Waals surface area contributed by atoms with Gasteiger partial charge in [-0.3, -0.25) is 14.4 Å². The Balaban J connectivity index is 0.000000212. The van der Waals surface area contributed by atoms with Gasteiger partial charge >= 0.3 is 11.9 Å². The van der Waals surface area contributed by atoms with Crippen molar-refractivity contribution in [2.75, 3.05) is 44.4 Å². The molecule has 0 radical (unpaired) electrons. The molecular weight excluding hydrogens is 661 g/mol. The number of thiophene rings is 1. The number of fused-ring (bicyclic) bond motifs is 1. The fourth-order valence-electron chi connectivity index (χ4n) is 5.12. The zero-order chi connectivity index (χ0) is 33.8. The van der Waals surface area contributed by atoms with Crippen LogP contribution >= 0.6 is 34.8 Å². The highest BCUT2D eigenvalue weighted by Gasteiger charge is 2.64. The maximum absolute atomic E-state index is 12.4. The number of amides is 2. The van der Waals surface area contributed by atoms with Crippen LogP contribution in [0, 0.1) is 0 Å². The van der Waals surface area contributed by atoms with E-state index in [4.69, 9.17) is 9.47 Å². The van der Waals surface area contributed by atoms with Crippen molar-refractivity contribution in [2.24, 2.45) is 0 Å². The van der Waals surface area contributed by atoms with Gasteiger partial charge in [-0.15, -0.1) is 16.1 Å². The number of anilines is 1. The number of carbonyl (C=O) groups excluding carboxylic acids is 2.